The van der Waals surface area contributed by atoms with Crippen molar-refractivity contribution in [2.45, 2.75) is 46.7 Å². The SMILES string of the molecule is CCOC(=O)Cc1ccc(N2C(=O)c3c(c(OCC(F)(F)F)c4ccccc4c3OCC)C2=O)c(F)c1.CCOC(=O)Cc1ccc(N2C(=O)c3c(c(OCC)c4ccccc4c3O)C2=O)c(F)c1. The summed E-state index contributed by atoms with van der Waals surface area (Å²) in [5.74, 6) is -7.33. The molecule has 1 N–H and O–H groups in total. The van der Waals surface area contributed by atoms with E-state index in [9.17, 15) is 51.4 Å². The second-order valence-corrected chi connectivity index (χ2v) is 15.1. The van der Waals surface area contributed by atoms with Crippen molar-refractivity contribution in [2.75, 3.05) is 42.8 Å². The predicted molar refractivity (Wildman–Crippen MR) is 239 cm³/mol. The van der Waals surface area contributed by atoms with Crippen molar-refractivity contribution in [3.05, 3.63) is 130 Å². The molecule has 0 bridgehead atoms. The van der Waals surface area contributed by atoms with Gasteiger partial charge in [-0.1, -0.05) is 60.7 Å². The molecule has 6 aromatic carbocycles. The number of amides is 4. The van der Waals surface area contributed by atoms with Crippen molar-refractivity contribution in [1.82, 2.24) is 0 Å². The van der Waals surface area contributed by atoms with E-state index in [1.165, 1.54) is 36.4 Å². The molecule has 0 saturated carbocycles. The van der Waals surface area contributed by atoms with Gasteiger partial charge >= 0.3 is 18.1 Å². The minimum Gasteiger partial charge on any atom is -0.506 e. The molecule has 69 heavy (non-hydrogen) atoms. The van der Waals surface area contributed by atoms with Crippen LogP contribution in [0.3, 0.4) is 0 Å². The normalized spacial score (nSPS) is 13.1. The summed E-state index contributed by atoms with van der Waals surface area (Å²) in [5.41, 5.74) is -1.25. The molecule has 0 unspecified atom stereocenters. The lowest BCUT2D eigenvalue weighted by molar-refractivity contribution is -0.153. The molecular formula is C50H41F5N2O12. The van der Waals surface area contributed by atoms with Gasteiger partial charge in [0.1, 0.15) is 34.6 Å². The Morgan fingerprint density at radius 3 is 1.26 bits per heavy atom. The van der Waals surface area contributed by atoms with E-state index in [0.717, 1.165) is 18.2 Å². The maximum atomic E-state index is 15.1. The zero-order valence-electron chi connectivity index (χ0n) is 37.3. The van der Waals surface area contributed by atoms with E-state index in [1.54, 1.807) is 58.0 Å². The lowest BCUT2D eigenvalue weighted by Crippen LogP contribution is -2.30. The zero-order chi connectivity index (χ0) is 49.9. The molecule has 14 nitrogen and oxygen atoms in total. The number of alkyl halides is 3. The summed E-state index contributed by atoms with van der Waals surface area (Å²) in [6, 6.07) is 20.0. The Labute approximate surface area is 389 Å². The number of hydrogen-bond donors (Lipinski definition) is 1. The fourth-order valence-corrected chi connectivity index (χ4v) is 7.99. The maximum absolute atomic E-state index is 15.1. The number of nitrogens with zero attached hydrogens (tertiary/aromatic N) is 2. The van der Waals surface area contributed by atoms with E-state index in [2.05, 4.69) is 0 Å². The number of halogens is 5. The Kier molecular flexibility index (Phi) is 14.2. The molecule has 0 aromatic heterocycles. The number of aromatic hydroxyl groups is 1. The molecule has 0 radical (unpaired) electrons. The fraction of sp³-hybridized carbons (Fsp3) is 0.240. The van der Waals surface area contributed by atoms with Crippen molar-refractivity contribution < 1.29 is 79.5 Å². The maximum Gasteiger partial charge on any atom is 0.422 e. The largest absolute Gasteiger partial charge is 0.506 e. The van der Waals surface area contributed by atoms with E-state index in [4.69, 9.17) is 23.7 Å². The third kappa shape index (κ3) is 9.44. The Morgan fingerprint density at radius 1 is 0.522 bits per heavy atom. The highest BCUT2D eigenvalue weighted by Gasteiger charge is 2.46. The molecule has 6 aromatic rings. The third-order valence-corrected chi connectivity index (χ3v) is 10.7. The summed E-state index contributed by atoms with van der Waals surface area (Å²) < 4.78 is 95.3. The number of phenolic OH excluding ortho intramolecular Hbond substituents is 1. The molecule has 4 amide bonds. The molecule has 8 rings (SSSR count). The van der Waals surface area contributed by atoms with Gasteiger partial charge in [-0.05, 0) is 63.1 Å². The third-order valence-electron chi connectivity index (χ3n) is 10.7. The summed E-state index contributed by atoms with van der Waals surface area (Å²) in [5, 5.41) is 12.0. The number of fused-ring (bicyclic) bond motifs is 4. The second kappa shape index (κ2) is 20.0. The molecule has 0 spiro atoms. The molecule has 0 aliphatic carbocycles. The number of esters is 2. The molecule has 0 atom stereocenters. The van der Waals surface area contributed by atoms with Gasteiger partial charge in [-0.25, -0.2) is 18.6 Å². The molecule has 358 valence electrons. The van der Waals surface area contributed by atoms with Gasteiger partial charge in [0.15, 0.2) is 6.61 Å². The van der Waals surface area contributed by atoms with E-state index >= 15 is 4.39 Å². The number of carbonyl (C=O) groups excluding carboxylic acids is 6. The van der Waals surface area contributed by atoms with Crippen LogP contribution < -0.4 is 24.0 Å². The summed E-state index contributed by atoms with van der Waals surface area (Å²) in [4.78, 5) is 78.1. The number of carbonyl (C=O) groups is 6. The Bertz CT molecular complexity index is 3080. The van der Waals surface area contributed by atoms with Crippen LogP contribution in [0.2, 0.25) is 0 Å². The van der Waals surface area contributed by atoms with Gasteiger partial charge in [-0.2, -0.15) is 13.2 Å². The van der Waals surface area contributed by atoms with Crippen molar-refractivity contribution in [1.29, 1.82) is 0 Å². The van der Waals surface area contributed by atoms with Gasteiger partial charge < -0.3 is 28.8 Å². The second-order valence-electron chi connectivity index (χ2n) is 15.1. The summed E-state index contributed by atoms with van der Waals surface area (Å²) in [6.45, 7) is 5.59. The van der Waals surface area contributed by atoms with Gasteiger partial charge in [0.2, 0.25) is 0 Å². The number of phenols is 1. The highest BCUT2D eigenvalue weighted by Crippen LogP contribution is 2.48. The van der Waals surface area contributed by atoms with Crippen LogP contribution >= 0.6 is 0 Å². The first-order valence-electron chi connectivity index (χ1n) is 21.4. The van der Waals surface area contributed by atoms with Crippen molar-refractivity contribution >= 4 is 68.5 Å². The van der Waals surface area contributed by atoms with Crippen LogP contribution in [-0.2, 0) is 31.9 Å². The van der Waals surface area contributed by atoms with E-state index < -0.39 is 77.0 Å². The molecule has 2 heterocycles. The number of ether oxygens (including phenoxy) is 5. The Balaban J connectivity index is 0.000000206. The standard InChI is InChI=1S/C26H21F4NO6.C24H20FNO6/c1-3-35-19(32)12-14-9-10-18(17(27)11-14)31-24(33)20-21(25(31)34)23(37-13-26(28,29)30)16-8-6-5-7-15(16)22(20)36-4-2;1-3-31-18(27)12-13-9-10-17(16(25)11-13)26-23(29)19-20(24(26)30)22(32-4-2)15-8-6-5-7-14(15)21(19)28/h5-11H,3-4,12-13H2,1-2H3;5-11,28H,3-4,12H2,1-2H3. The first kappa shape index (κ1) is 48.8. The van der Waals surface area contributed by atoms with Crippen LogP contribution in [0.25, 0.3) is 21.5 Å². The number of anilines is 2. The molecular weight excluding hydrogens is 916 g/mol. The number of rotatable bonds is 14. The van der Waals surface area contributed by atoms with Gasteiger partial charge in [-0.3, -0.25) is 28.8 Å². The van der Waals surface area contributed by atoms with Crippen molar-refractivity contribution in [3.63, 3.8) is 0 Å². The first-order valence-corrected chi connectivity index (χ1v) is 21.4. The average molecular weight is 957 g/mol. The smallest absolute Gasteiger partial charge is 0.422 e. The average Bonchev–Trinajstić information content (AvgIpc) is 3.71. The highest BCUT2D eigenvalue weighted by atomic mass is 19.4. The fourth-order valence-electron chi connectivity index (χ4n) is 7.99. The lowest BCUT2D eigenvalue weighted by Gasteiger charge is -2.17. The van der Waals surface area contributed by atoms with Crippen LogP contribution in [0.4, 0.5) is 33.3 Å². The molecule has 0 saturated heterocycles. The molecule has 2 aliphatic heterocycles. The minimum atomic E-state index is -4.72. The zero-order valence-corrected chi connectivity index (χ0v) is 37.3. The number of imide groups is 2. The summed E-state index contributed by atoms with van der Waals surface area (Å²) >= 11 is 0. The number of hydrogen-bond acceptors (Lipinski definition) is 12. The van der Waals surface area contributed by atoms with Gasteiger partial charge in [0.05, 0.1) is 72.9 Å². The van der Waals surface area contributed by atoms with Gasteiger partial charge in [-0.15, -0.1) is 0 Å². The van der Waals surface area contributed by atoms with Crippen molar-refractivity contribution in [2.24, 2.45) is 0 Å². The highest BCUT2D eigenvalue weighted by molar-refractivity contribution is 6.39. The monoisotopic (exact) mass is 956 g/mol. The molecule has 2 aliphatic rings. The van der Waals surface area contributed by atoms with Crippen LogP contribution in [0, 0.1) is 11.6 Å². The topological polar surface area (TPSA) is 175 Å². The molecule has 19 heteroatoms. The Morgan fingerprint density at radius 2 is 0.884 bits per heavy atom. The van der Waals surface area contributed by atoms with E-state index in [0.29, 0.717) is 26.1 Å². The number of benzene rings is 6. The minimum absolute atomic E-state index is 0.0207. The van der Waals surface area contributed by atoms with Crippen LogP contribution in [0.5, 0.6) is 23.0 Å². The van der Waals surface area contributed by atoms with Crippen molar-refractivity contribution in [3.8, 4) is 23.0 Å². The Hall–Kier alpha value is -8.09. The predicted octanol–water partition coefficient (Wildman–Crippen LogP) is 9.21. The summed E-state index contributed by atoms with van der Waals surface area (Å²) in [6.07, 6.45) is -5.10. The summed E-state index contributed by atoms with van der Waals surface area (Å²) in [7, 11) is 0. The van der Waals surface area contributed by atoms with Gasteiger partial charge in [0, 0.05) is 21.5 Å². The quantitative estimate of drug-likeness (QED) is 0.0624. The van der Waals surface area contributed by atoms with Crippen LogP contribution in [0.15, 0.2) is 84.9 Å². The van der Waals surface area contributed by atoms with Crippen LogP contribution in [-0.4, -0.2) is 79.9 Å². The van der Waals surface area contributed by atoms with Crippen LogP contribution in [0.1, 0.15) is 80.3 Å². The van der Waals surface area contributed by atoms with Gasteiger partial charge in [0.25, 0.3) is 23.6 Å². The molecule has 0 fully saturated rings. The first-order chi connectivity index (χ1) is 33.0. The van der Waals surface area contributed by atoms with E-state index in [1.807, 2.05) is 0 Å². The van der Waals surface area contributed by atoms with E-state index in [-0.39, 0.29) is 95.2 Å². The lowest BCUT2D eigenvalue weighted by atomic mass is 9.99.